The number of hydrogen-bond acceptors (Lipinski definition) is 7. The summed E-state index contributed by atoms with van der Waals surface area (Å²) in [6.07, 6.45) is 1.56. The SMILES string of the molecule is C=C(C)CN(CC)C(=O)c1sc2ncnc(NCCN3CCOCC3)c2c1C. The molecule has 1 aliphatic rings. The van der Waals surface area contributed by atoms with E-state index in [1.165, 1.54) is 11.3 Å². The Bertz CT molecular complexity index is 844. The average Bonchev–Trinajstić information content (AvgIpc) is 3.04. The number of thiophene rings is 1. The Balaban J connectivity index is 1.78. The number of nitrogens with one attached hydrogen (secondary N) is 1. The molecule has 0 radical (unpaired) electrons. The van der Waals surface area contributed by atoms with Crippen molar-refractivity contribution in [3.63, 3.8) is 0 Å². The molecule has 1 N–H and O–H groups in total. The summed E-state index contributed by atoms with van der Waals surface area (Å²) < 4.78 is 5.39. The van der Waals surface area contributed by atoms with Crippen molar-refractivity contribution in [2.75, 3.05) is 57.8 Å². The Morgan fingerprint density at radius 1 is 1.39 bits per heavy atom. The smallest absolute Gasteiger partial charge is 0.264 e. The lowest BCUT2D eigenvalue weighted by Gasteiger charge is -2.26. The molecule has 1 fully saturated rings. The van der Waals surface area contributed by atoms with Crippen LogP contribution in [0.4, 0.5) is 5.82 Å². The molecule has 0 atom stereocenters. The van der Waals surface area contributed by atoms with Crippen molar-refractivity contribution < 1.29 is 9.53 Å². The summed E-state index contributed by atoms with van der Waals surface area (Å²) in [5.74, 6) is 0.833. The number of nitrogens with zero attached hydrogens (tertiary/aromatic N) is 4. The molecule has 0 bridgehead atoms. The monoisotopic (exact) mass is 403 g/mol. The third-order valence-corrected chi connectivity index (χ3v) is 6.06. The first-order valence-corrected chi connectivity index (χ1v) is 10.5. The minimum atomic E-state index is 0.0327. The van der Waals surface area contributed by atoms with E-state index in [0.29, 0.717) is 13.1 Å². The van der Waals surface area contributed by atoms with Gasteiger partial charge in [0.25, 0.3) is 5.91 Å². The molecule has 2 aromatic heterocycles. The molecule has 3 rings (SSSR count). The van der Waals surface area contributed by atoms with E-state index in [9.17, 15) is 4.79 Å². The molecule has 1 aliphatic heterocycles. The number of ether oxygens (including phenoxy) is 1. The van der Waals surface area contributed by atoms with Crippen LogP contribution >= 0.6 is 11.3 Å². The largest absolute Gasteiger partial charge is 0.379 e. The fourth-order valence-corrected chi connectivity index (χ4v) is 4.48. The van der Waals surface area contributed by atoms with Crippen molar-refractivity contribution in [1.29, 1.82) is 0 Å². The first kappa shape index (κ1) is 20.7. The van der Waals surface area contributed by atoms with Gasteiger partial charge in [-0.2, -0.15) is 0 Å². The van der Waals surface area contributed by atoms with Crippen molar-refractivity contribution >= 4 is 33.3 Å². The molecule has 2 aromatic rings. The number of amides is 1. The number of anilines is 1. The Kier molecular flexibility index (Phi) is 6.98. The van der Waals surface area contributed by atoms with Gasteiger partial charge in [0.15, 0.2) is 0 Å². The summed E-state index contributed by atoms with van der Waals surface area (Å²) in [4.78, 5) is 27.7. The first-order valence-electron chi connectivity index (χ1n) is 9.73. The quantitative estimate of drug-likeness (QED) is 0.684. The van der Waals surface area contributed by atoms with Crippen molar-refractivity contribution in [3.05, 3.63) is 28.9 Å². The fraction of sp³-hybridized carbons (Fsp3) is 0.550. The Hall–Kier alpha value is -2.03. The van der Waals surface area contributed by atoms with E-state index >= 15 is 0 Å². The van der Waals surface area contributed by atoms with Crippen LogP contribution in [0.3, 0.4) is 0 Å². The van der Waals surface area contributed by atoms with Crippen molar-refractivity contribution in [3.8, 4) is 0 Å². The number of morpholine rings is 1. The van der Waals surface area contributed by atoms with Crippen LogP contribution in [0.5, 0.6) is 0 Å². The second-order valence-electron chi connectivity index (χ2n) is 7.12. The molecule has 0 spiro atoms. The van der Waals surface area contributed by atoms with Crippen LogP contribution in [0.1, 0.15) is 29.1 Å². The van der Waals surface area contributed by atoms with Crippen LogP contribution in [0.25, 0.3) is 10.2 Å². The number of hydrogen-bond donors (Lipinski definition) is 1. The maximum absolute atomic E-state index is 13.0. The summed E-state index contributed by atoms with van der Waals surface area (Å²) in [6.45, 7) is 16.3. The van der Waals surface area contributed by atoms with Crippen LogP contribution in [-0.4, -0.2) is 78.2 Å². The van der Waals surface area contributed by atoms with Gasteiger partial charge >= 0.3 is 0 Å². The predicted octanol–water partition coefficient (Wildman–Crippen LogP) is 2.78. The van der Waals surface area contributed by atoms with E-state index in [0.717, 1.165) is 71.4 Å². The standard InChI is InChI=1S/C20H29N5O2S/c1-5-25(12-14(2)3)20(26)17-15(4)16-18(22-13-23-19(16)28-17)21-6-7-24-8-10-27-11-9-24/h13H,2,5-12H2,1,3-4H3,(H,21,22,23). The number of aryl methyl sites for hydroxylation is 1. The molecule has 28 heavy (non-hydrogen) atoms. The number of carbonyl (C=O) groups is 1. The third kappa shape index (κ3) is 4.68. The van der Waals surface area contributed by atoms with E-state index in [2.05, 4.69) is 26.8 Å². The van der Waals surface area contributed by atoms with Gasteiger partial charge in [0, 0.05) is 39.3 Å². The summed E-state index contributed by atoms with van der Waals surface area (Å²) in [6, 6.07) is 0. The van der Waals surface area contributed by atoms with Crippen LogP contribution in [0, 0.1) is 6.92 Å². The second-order valence-corrected chi connectivity index (χ2v) is 8.11. The van der Waals surface area contributed by atoms with E-state index in [-0.39, 0.29) is 5.91 Å². The molecule has 3 heterocycles. The van der Waals surface area contributed by atoms with Gasteiger partial charge in [0.1, 0.15) is 17.0 Å². The predicted molar refractivity (Wildman–Crippen MR) is 114 cm³/mol. The minimum absolute atomic E-state index is 0.0327. The first-order chi connectivity index (χ1) is 13.5. The van der Waals surface area contributed by atoms with Crippen LogP contribution in [0.2, 0.25) is 0 Å². The topological polar surface area (TPSA) is 70.6 Å². The van der Waals surface area contributed by atoms with Gasteiger partial charge in [0.05, 0.1) is 23.5 Å². The molecule has 152 valence electrons. The molecule has 0 aliphatic carbocycles. The summed E-state index contributed by atoms with van der Waals surface area (Å²) in [7, 11) is 0. The molecule has 0 saturated carbocycles. The van der Waals surface area contributed by atoms with Crippen LogP contribution < -0.4 is 5.32 Å². The number of rotatable bonds is 8. The van der Waals surface area contributed by atoms with E-state index in [1.807, 2.05) is 25.7 Å². The third-order valence-electron chi connectivity index (χ3n) is 4.87. The number of carbonyl (C=O) groups excluding carboxylic acids is 1. The van der Waals surface area contributed by atoms with Crippen LogP contribution in [0.15, 0.2) is 18.5 Å². The highest BCUT2D eigenvalue weighted by atomic mass is 32.1. The van der Waals surface area contributed by atoms with Gasteiger partial charge in [-0.15, -0.1) is 11.3 Å². The fourth-order valence-electron chi connectivity index (χ4n) is 3.36. The van der Waals surface area contributed by atoms with Gasteiger partial charge < -0.3 is 15.0 Å². The van der Waals surface area contributed by atoms with Gasteiger partial charge in [-0.1, -0.05) is 12.2 Å². The molecule has 0 unspecified atom stereocenters. The lowest BCUT2D eigenvalue weighted by atomic mass is 10.2. The lowest BCUT2D eigenvalue weighted by molar-refractivity contribution is 0.0398. The lowest BCUT2D eigenvalue weighted by Crippen LogP contribution is -2.39. The molecule has 0 aromatic carbocycles. The Labute approximate surface area is 170 Å². The summed E-state index contributed by atoms with van der Waals surface area (Å²) in [5.41, 5.74) is 1.92. The van der Waals surface area contributed by atoms with E-state index < -0.39 is 0 Å². The maximum Gasteiger partial charge on any atom is 0.264 e. The highest BCUT2D eigenvalue weighted by molar-refractivity contribution is 7.20. The van der Waals surface area contributed by atoms with E-state index in [4.69, 9.17) is 4.74 Å². The molecular formula is C20H29N5O2S. The zero-order valence-corrected chi connectivity index (χ0v) is 17.8. The number of fused-ring (bicyclic) bond motifs is 1. The second kappa shape index (κ2) is 9.45. The van der Waals surface area contributed by atoms with Crippen LogP contribution in [-0.2, 0) is 4.74 Å². The molecular weight excluding hydrogens is 374 g/mol. The van der Waals surface area contributed by atoms with Crippen molar-refractivity contribution in [1.82, 2.24) is 19.8 Å². The average molecular weight is 404 g/mol. The minimum Gasteiger partial charge on any atom is -0.379 e. The molecule has 7 nitrogen and oxygen atoms in total. The zero-order chi connectivity index (χ0) is 20.1. The van der Waals surface area contributed by atoms with Gasteiger partial charge in [-0.3, -0.25) is 9.69 Å². The van der Waals surface area contributed by atoms with Gasteiger partial charge in [-0.05, 0) is 26.3 Å². The van der Waals surface area contributed by atoms with Crippen molar-refractivity contribution in [2.24, 2.45) is 0 Å². The zero-order valence-electron chi connectivity index (χ0n) is 17.0. The van der Waals surface area contributed by atoms with E-state index in [1.54, 1.807) is 6.33 Å². The number of aromatic nitrogens is 2. The van der Waals surface area contributed by atoms with Crippen molar-refractivity contribution in [2.45, 2.75) is 20.8 Å². The summed E-state index contributed by atoms with van der Waals surface area (Å²) >= 11 is 1.44. The molecule has 8 heteroatoms. The number of likely N-dealkylation sites (N-methyl/N-ethyl adjacent to an activating group) is 1. The highest BCUT2D eigenvalue weighted by Gasteiger charge is 2.23. The van der Waals surface area contributed by atoms with Gasteiger partial charge in [-0.25, -0.2) is 9.97 Å². The Morgan fingerprint density at radius 3 is 2.82 bits per heavy atom. The van der Waals surface area contributed by atoms with Gasteiger partial charge in [0.2, 0.25) is 0 Å². The maximum atomic E-state index is 13.0. The normalized spacial score (nSPS) is 15.0. The molecule has 1 amide bonds. The molecule has 1 saturated heterocycles. The summed E-state index contributed by atoms with van der Waals surface area (Å²) in [5, 5.41) is 4.39. The Morgan fingerprint density at radius 2 is 2.14 bits per heavy atom. The highest BCUT2D eigenvalue weighted by Crippen LogP contribution is 2.34.